The summed E-state index contributed by atoms with van der Waals surface area (Å²) in [7, 11) is 0. The number of nitrogen functional groups attached to an aromatic ring is 1. The van der Waals surface area contributed by atoms with Crippen LogP contribution in [0.4, 0.5) is 15.8 Å². The van der Waals surface area contributed by atoms with Gasteiger partial charge >= 0.3 is 0 Å². The van der Waals surface area contributed by atoms with E-state index in [0.717, 1.165) is 12.8 Å². The van der Waals surface area contributed by atoms with E-state index >= 15 is 0 Å². The Morgan fingerprint density at radius 2 is 2.17 bits per heavy atom. The molecule has 0 spiro atoms. The van der Waals surface area contributed by atoms with E-state index in [-0.39, 0.29) is 16.8 Å². The third kappa shape index (κ3) is 3.26. The molecule has 0 heterocycles. The number of carbonyl (C=O) groups excluding carboxylic acids is 1. The molecule has 0 bridgehead atoms. The molecule has 98 valence electrons. The Morgan fingerprint density at radius 1 is 1.44 bits per heavy atom. The third-order valence-electron chi connectivity index (χ3n) is 2.78. The minimum Gasteiger partial charge on any atom is -0.397 e. The lowest BCUT2D eigenvalue weighted by molar-refractivity contribution is -0.122. The highest BCUT2D eigenvalue weighted by Crippen LogP contribution is 2.28. The van der Waals surface area contributed by atoms with E-state index < -0.39 is 5.82 Å². The SMILES string of the molecule is Nc1cc(F)c(Cl)cc1NCCNC(=O)C1CC1. The first-order valence-corrected chi connectivity index (χ1v) is 6.22. The van der Waals surface area contributed by atoms with Crippen molar-refractivity contribution in [2.24, 2.45) is 5.92 Å². The van der Waals surface area contributed by atoms with Crippen molar-refractivity contribution in [3.8, 4) is 0 Å². The zero-order valence-electron chi connectivity index (χ0n) is 9.80. The van der Waals surface area contributed by atoms with Gasteiger partial charge in [0, 0.05) is 25.1 Å². The molecule has 0 atom stereocenters. The van der Waals surface area contributed by atoms with E-state index in [9.17, 15) is 9.18 Å². The minimum atomic E-state index is -0.540. The molecule has 18 heavy (non-hydrogen) atoms. The highest BCUT2D eigenvalue weighted by molar-refractivity contribution is 6.31. The summed E-state index contributed by atoms with van der Waals surface area (Å²) >= 11 is 5.66. The van der Waals surface area contributed by atoms with E-state index in [2.05, 4.69) is 10.6 Å². The van der Waals surface area contributed by atoms with E-state index in [4.69, 9.17) is 17.3 Å². The lowest BCUT2D eigenvalue weighted by Crippen LogP contribution is -2.29. The molecule has 0 unspecified atom stereocenters. The van der Waals surface area contributed by atoms with Crippen LogP contribution in [0.3, 0.4) is 0 Å². The van der Waals surface area contributed by atoms with Crippen LogP contribution in [0.25, 0.3) is 0 Å². The predicted octanol–water partition coefficient (Wildman–Crippen LogP) is 2.00. The maximum absolute atomic E-state index is 13.1. The lowest BCUT2D eigenvalue weighted by atomic mass is 10.2. The van der Waals surface area contributed by atoms with Crippen molar-refractivity contribution in [1.29, 1.82) is 0 Å². The fourth-order valence-electron chi connectivity index (χ4n) is 1.59. The first-order chi connectivity index (χ1) is 8.58. The predicted molar refractivity (Wildman–Crippen MR) is 70.0 cm³/mol. The van der Waals surface area contributed by atoms with Gasteiger partial charge in [0.15, 0.2) is 0 Å². The second-order valence-electron chi connectivity index (χ2n) is 4.35. The smallest absolute Gasteiger partial charge is 0.223 e. The average Bonchev–Trinajstić information content (AvgIpc) is 3.14. The molecule has 1 aromatic carbocycles. The van der Waals surface area contributed by atoms with Gasteiger partial charge in [0.25, 0.3) is 0 Å². The number of hydrogen-bond donors (Lipinski definition) is 3. The van der Waals surface area contributed by atoms with Crippen LogP contribution in [-0.4, -0.2) is 19.0 Å². The molecule has 0 aromatic heterocycles. The Hall–Kier alpha value is -1.49. The maximum Gasteiger partial charge on any atom is 0.223 e. The van der Waals surface area contributed by atoms with Crippen molar-refractivity contribution in [3.63, 3.8) is 0 Å². The average molecular weight is 272 g/mol. The van der Waals surface area contributed by atoms with Gasteiger partial charge in [-0.2, -0.15) is 0 Å². The molecular weight excluding hydrogens is 257 g/mol. The van der Waals surface area contributed by atoms with Gasteiger partial charge in [0.2, 0.25) is 5.91 Å². The van der Waals surface area contributed by atoms with Crippen LogP contribution in [0.15, 0.2) is 12.1 Å². The molecular formula is C12H15ClFN3O. The largest absolute Gasteiger partial charge is 0.397 e. The molecule has 0 saturated heterocycles. The third-order valence-corrected chi connectivity index (χ3v) is 3.07. The van der Waals surface area contributed by atoms with Gasteiger partial charge in [0.05, 0.1) is 16.4 Å². The number of anilines is 2. The Labute approximate surface area is 110 Å². The summed E-state index contributed by atoms with van der Waals surface area (Å²) in [5.41, 5.74) is 6.51. The first-order valence-electron chi connectivity index (χ1n) is 5.84. The molecule has 1 aliphatic carbocycles. The molecule has 0 aliphatic heterocycles. The van der Waals surface area contributed by atoms with Gasteiger partial charge in [-0.1, -0.05) is 11.6 Å². The van der Waals surface area contributed by atoms with Crippen molar-refractivity contribution < 1.29 is 9.18 Å². The summed E-state index contributed by atoms with van der Waals surface area (Å²) in [4.78, 5) is 11.3. The van der Waals surface area contributed by atoms with Crippen molar-refractivity contribution in [3.05, 3.63) is 23.0 Å². The molecule has 1 saturated carbocycles. The lowest BCUT2D eigenvalue weighted by Gasteiger charge is -2.10. The molecule has 6 heteroatoms. The number of nitrogens with one attached hydrogen (secondary N) is 2. The van der Waals surface area contributed by atoms with E-state index in [1.165, 1.54) is 12.1 Å². The second-order valence-corrected chi connectivity index (χ2v) is 4.75. The van der Waals surface area contributed by atoms with Gasteiger partial charge in [-0.15, -0.1) is 0 Å². The summed E-state index contributed by atoms with van der Waals surface area (Å²) in [6.07, 6.45) is 1.97. The fraction of sp³-hybridized carbons (Fsp3) is 0.417. The van der Waals surface area contributed by atoms with E-state index in [1.54, 1.807) is 0 Å². The van der Waals surface area contributed by atoms with Gasteiger partial charge in [-0.3, -0.25) is 4.79 Å². The Bertz CT molecular complexity index is 463. The summed E-state index contributed by atoms with van der Waals surface area (Å²) in [5, 5.41) is 5.84. The highest BCUT2D eigenvalue weighted by Gasteiger charge is 2.28. The number of hydrogen-bond acceptors (Lipinski definition) is 3. The number of amides is 1. The normalized spacial score (nSPS) is 14.3. The van der Waals surface area contributed by atoms with Crippen molar-refractivity contribution in [2.75, 3.05) is 24.1 Å². The zero-order chi connectivity index (χ0) is 13.1. The van der Waals surface area contributed by atoms with E-state index in [0.29, 0.717) is 24.5 Å². The number of carbonyl (C=O) groups is 1. The topological polar surface area (TPSA) is 67.2 Å². The molecule has 1 aromatic rings. The van der Waals surface area contributed by atoms with Gasteiger partial charge < -0.3 is 16.4 Å². The second kappa shape index (κ2) is 5.44. The van der Waals surface area contributed by atoms with Crippen LogP contribution >= 0.6 is 11.6 Å². The van der Waals surface area contributed by atoms with Crippen LogP contribution < -0.4 is 16.4 Å². The van der Waals surface area contributed by atoms with Crippen molar-refractivity contribution in [2.45, 2.75) is 12.8 Å². The zero-order valence-corrected chi connectivity index (χ0v) is 10.6. The Kier molecular flexibility index (Phi) is 3.91. The van der Waals surface area contributed by atoms with Crippen LogP contribution in [0.2, 0.25) is 5.02 Å². The summed E-state index contributed by atoms with van der Waals surface area (Å²) in [5.74, 6) is -0.237. The number of benzene rings is 1. The number of rotatable bonds is 5. The van der Waals surface area contributed by atoms with Gasteiger partial charge in [-0.05, 0) is 18.9 Å². The Morgan fingerprint density at radius 3 is 2.83 bits per heavy atom. The summed E-state index contributed by atoms with van der Waals surface area (Å²) in [6.45, 7) is 1.02. The van der Waals surface area contributed by atoms with Crippen LogP contribution in [-0.2, 0) is 4.79 Å². The summed E-state index contributed by atoms with van der Waals surface area (Å²) in [6, 6.07) is 2.61. The van der Waals surface area contributed by atoms with Crippen LogP contribution in [0.5, 0.6) is 0 Å². The van der Waals surface area contributed by atoms with E-state index in [1.807, 2.05) is 0 Å². The molecule has 4 N–H and O–H groups in total. The molecule has 0 radical (unpaired) electrons. The molecule has 1 aliphatic rings. The van der Waals surface area contributed by atoms with Crippen molar-refractivity contribution >= 4 is 28.9 Å². The number of halogens is 2. The van der Waals surface area contributed by atoms with Crippen LogP contribution in [0.1, 0.15) is 12.8 Å². The molecule has 1 fully saturated rings. The Balaban J connectivity index is 1.79. The van der Waals surface area contributed by atoms with Crippen LogP contribution in [0, 0.1) is 11.7 Å². The highest BCUT2D eigenvalue weighted by atomic mass is 35.5. The molecule has 2 rings (SSSR count). The standard InChI is InChI=1S/C12H15ClFN3O/c13-8-5-11(10(15)6-9(8)14)16-3-4-17-12(18)7-1-2-7/h5-7,16H,1-4,15H2,(H,17,18). The van der Waals surface area contributed by atoms with Gasteiger partial charge in [0.1, 0.15) is 5.82 Å². The first kappa shape index (κ1) is 13.0. The summed E-state index contributed by atoms with van der Waals surface area (Å²) < 4.78 is 13.1. The maximum atomic E-state index is 13.1. The quantitative estimate of drug-likeness (QED) is 0.567. The molecule has 1 amide bonds. The molecule has 4 nitrogen and oxygen atoms in total. The fourth-order valence-corrected chi connectivity index (χ4v) is 1.75. The van der Waals surface area contributed by atoms with Crippen molar-refractivity contribution in [1.82, 2.24) is 5.32 Å². The minimum absolute atomic E-state index is 0.0220. The number of nitrogens with two attached hydrogens (primary N) is 1. The monoisotopic (exact) mass is 271 g/mol. The van der Waals surface area contributed by atoms with Gasteiger partial charge in [-0.25, -0.2) is 4.39 Å².